The molecule has 0 saturated heterocycles. The fourth-order valence-electron chi connectivity index (χ4n) is 1.10. The zero-order valence-electron chi connectivity index (χ0n) is 7.86. The number of hydrogen-bond acceptors (Lipinski definition) is 2. The van der Waals surface area contributed by atoms with Gasteiger partial charge in [-0.25, -0.2) is 0 Å². The summed E-state index contributed by atoms with van der Waals surface area (Å²) in [6, 6.07) is 1.29. The maximum atomic E-state index is 12.4. The number of halogens is 5. The molecule has 0 fully saturated rings. The van der Waals surface area contributed by atoms with Gasteiger partial charge in [0.1, 0.15) is 5.75 Å². The fraction of sp³-hybridized carbons (Fsp3) is 0.222. The Bertz CT molecular complexity index is 429. The molecule has 2 nitrogen and oxygen atoms in total. The molecule has 1 aromatic rings. The molecule has 0 bridgehead atoms. The van der Waals surface area contributed by atoms with Gasteiger partial charge >= 0.3 is 6.18 Å². The molecule has 0 aliphatic carbocycles. The predicted molar refractivity (Wildman–Crippen MR) is 53.2 cm³/mol. The second-order valence-electron chi connectivity index (χ2n) is 2.81. The number of ether oxygens (including phenoxy) is 1. The minimum Gasteiger partial charge on any atom is -0.496 e. The largest absolute Gasteiger partial charge is 0.496 e. The van der Waals surface area contributed by atoms with Crippen molar-refractivity contribution < 1.29 is 22.7 Å². The van der Waals surface area contributed by atoms with Crippen LogP contribution in [0.5, 0.6) is 5.75 Å². The van der Waals surface area contributed by atoms with Crippen molar-refractivity contribution in [3.05, 3.63) is 28.3 Å². The number of alkyl halides is 3. The Balaban J connectivity index is 3.44. The van der Waals surface area contributed by atoms with Gasteiger partial charge in [-0.05, 0) is 23.7 Å². The van der Waals surface area contributed by atoms with Crippen molar-refractivity contribution in [1.29, 1.82) is 0 Å². The third kappa shape index (κ3) is 2.59. The third-order valence-corrected chi connectivity index (χ3v) is 2.28. The molecule has 0 heterocycles. The van der Waals surface area contributed by atoms with E-state index in [-0.39, 0.29) is 11.3 Å². The van der Waals surface area contributed by atoms with Crippen LogP contribution in [0.1, 0.15) is 15.9 Å². The zero-order valence-corrected chi connectivity index (χ0v) is 9.37. The van der Waals surface area contributed by atoms with Crippen LogP contribution in [0.3, 0.4) is 0 Å². The van der Waals surface area contributed by atoms with Gasteiger partial charge in [0.05, 0.1) is 23.3 Å². The van der Waals surface area contributed by atoms with E-state index >= 15 is 0 Å². The summed E-state index contributed by atoms with van der Waals surface area (Å²) in [6.07, 6.45) is -4.56. The first-order chi connectivity index (χ1) is 7.27. The molecule has 0 aliphatic heterocycles. The molecule has 0 aromatic heterocycles. The van der Waals surface area contributed by atoms with Crippen LogP contribution in [0, 0.1) is 0 Å². The highest BCUT2D eigenvalue weighted by Gasteiger charge is 2.33. The molecule has 0 saturated carbocycles. The number of carbonyl (C=O) groups is 1. The van der Waals surface area contributed by atoms with Gasteiger partial charge in [-0.1, -0.05) is 11.6 Å². The van der Waals surface area contributed by atoms with Crippen molar-refractivity contribution in [2.45, 2.75) is 6.18 Å². The highest BCUT2D eigenvalue weighted by molar-refractivity contribution is 6.69. The van der Waals surface area contributed by atoms with E-state index in [1.807, 2.05) is 0 Å². The van der Waals surface area contributed by atoms with Crippen LogP contribution < -0.4 is 4.74 Å². The van der Waals surface area contributed by atoms with Gasteiger partial charge in [0.2, 0.25) is 0 Å². The molecule has 0 radical (unpaired) electrons. The van der Waals surface area contributed by atoms with E-state index in [1.165, 1.54) is 0 Å². The summed E-state index contributed by atoms with van der Waals surface area (Å²) in [6.45, 7) is 0. The summed E-state index contributed by atoms with van der Waals surface area (Å²) in [5.41, 5.74) is -1.28. The molecule has 1 aromatic carbocycles. The number of benzene rings is 1. The van der Waals surface area contributed by atoms with Crippen LogP contribution in [-0.4, -0.2) is 12.4 Å². The average molecular weight is 273 g/mol. The molecule has 88 valence electrons. The Morgan fingerprint density at radius 1 is 1.38 bits per heavy atom. The molecule has 7 heteroatoms. The van der Waals surface area contributed by atoms with E-state index in [4.69, 9.17) is 23.2 Å². The van der Waals surface area contributed by atoms with Crippen LogP contribution >= 0.6 is 23.2 Å². The summed E-state index contributed by atoms with van der Waals surface area (Å²) >= 11 is 10.7. The van der Waals surface area contributed by atoms with Crippen molar-refractivity contribution >= 4 is 28.4 Å². The topological polar surface area (TPSA) is 26.3 Å². The van der Waals surface area contributed by atoms with Crippen molar-refractivity contribution in [1.82, 2.24) is 0 Å². The molecule has 0 amide bonds. The van der Waals surface area contributed by atoms with Crippen molar-refractivity contribution in [3.63, 3.8) is 0 Å². The molecular formula is C9H5Cl2F3O2. The Morgan fingerprint density at radius 3 is 2.31 bits per heavy atom. The lowest BCUT2D eigenvalue weighted by Gasteiger charge is -2.12. The van der Waals surface area contributed by atoms with Gasteiger partial charge in [0, 0.05) is 0 Å². The van der Waals surface area contributed by atoms with Crippen LogP contribution in [0.4, 0.5) is 13.2 Å². The van der Waals surface area contributed by atoms with Crippen molar-refractivity contribution in [2.75, 3.05) is 7.11 Å². The van der Waals surface area contributed by atoms with Crippen molar-refractivity contribution in [3.8, 4) is 5.75 Å². The number of methoxy groups -OCH3 is 1. The van der Waals surface area contributed by atoms with Crippen LogP contribution in [-0.2, 0) is 6.18 Å². The first-order valence-electron chi connectivity index (χ1n) is 3.92. The number of hydrogen-bond donors (Lipinski definition) is 0. The first-order valence-corrected chi connectivity index (χ1v) is 4.67. The predicted octanol–water partition coefficient (Wildman–Crippen LogP) is 3.75. The van der Waals surface area contributed by atoms with E-state index in [9.17, 15) is 18.0 Å². The molecular weight excluding hydrogens is 268 g/mol. The van der Waals surface area contributed by atoms with Crippen LogP contribution in [0.2, 0.25) is 5.02 Å². The van der Waals surface area contributed by atoms with Crippen LogP contribution in [0.25, 0.3) is 0 Å². The monoisotopic (exact) mass is 272 g/mol. The average Bonchev–Trinajstić information content (AvgIpc) is 2.14. The number of rotatable bonds is 2. The Hall–Kier alpha value is -0.940. The summed E-state index contributed by atoms with van der Waals surface area (Å²) in [5.74, 6) is -0.306. The second-order valence-corrected chi connectivity index (χ2v) is 3.56. The number of carbonyl (C=O) groups excluding carboxylic acids is 1. The lowest BCUT2D eigenvalue weighted by Crippen LogP contribution is -2.07. The smallest absolute Gasteiger partial charge is 0.416 e. The van der Waals surface area contributed by atoms with Crippen molar-refractivity contribution in [2.24, 2.45) is 0 Å². The van der Waals surface area contributed by atoms with Crippen LogP contribution in [0.15, 0.2) is 12.1 Å². The first kappa shape index (κ1) is 13.1. The van der Waals surface area contributed by atoms with E-state index in [2.05, 4.69) is 4.74 Å². The van der Waals surface area contributed by atoms with E-state index in [1.54, 1.807) is 0 Å². The van der Waals surface area contributed by atoms with Gasteiger partial charge in [-0.15, -0.1) is 0 Å². The normalized spacial score (nSPS) is 11.4. The second kappa shape index (κ2) is 4.51. The molecule has 1 rings (SSSR count). The van der Waals surface area contributed by atoms with Gasteiger partial charge in [0.25, 0.3) is 5.24 Å². The minimum atomic E-state index is -4.56. The standard InChI is InChI=1S/C9H5Cl2F3O2/c1-16-6-3-4(9(12,13)14)2-5(10)7(6)8(11)15/h2-3H,1H3. The SMILES string of the molecule is COc1cc(C(F)(F)F)cc(Cl)c1C(=O)Cl. The minimum absolute atomic E-state index is 0.279. The molecule has 0 spiro atoms. The Kier molecular flexibility index (Phi) is 3.70. The molecule has 0 N–H and O–H groups in total. The highest BCUT2D eigenvalue weighted by atomic mass is 35.5. The van der Waals surface area contributed by atoms with Gasteiger partial charge in [-0.2, -0.15) is 13.2 Å². The Labute approximate surface area is 98.9 Å². The molecule has 0 unspecified atom stereocenters. The maximum Gasteiger partial charge on any atom is 0.416 e. The van der Waals surface area contributed by atoms with Gasteiger partial charge in [0.15, 0.2) is 0 Å². The summed E-state index contributed by atoms with van der Waals surface area (Å²) in [4.78, 5) is 10.9. The fourth-order valence-corrected chi connectivity index (χ4v) is 1.64. The lowest BCUT2D eigenvalue weighted by atomic mass is 10.1. The summed E-state index contributed by atoms with van der Waals surface area (Å²) < 4.78 is 41.8. The quantitative estimate of drug-likeness (QED) is 0.767. The molecule has 0 atom stereocenters. The summed E-state index contributed by atoms with van der Waals surface area (Å²) in [7, 11) is 1.12. The van der Waals surface area contributed by atoms with E-state index < -0.39 is 22.0 Å². The Morgan fingerprint density at radius 2 is 1.94 bits per heavy atom. The molecule has 16 heavy (non-hydrogen) atoms. The van der Waals surface area contributed by atoms with Gasteiger partial charge in [-0.3, -0.25) is 4.79 Å². The maximum absolute atomic E-state index is 12.4. The van der Waals surface area contributed by atoms with E-state index in [0.717, 1.165) is 7.11 Å². The third-order valence-electron chi connectivity index (χ3n) is 1.80. The van der Waals surface area contributed by atoms with E-state index in [0.29, 0.717) is 12.1 Å². The zero-order chi connectivity index (χ0) is 12.5. The highest BCUT2D eigenvalue weighted by Crippen LogP contribution is 2.37. The molecule has 0 aliphatic rings. The lowest BCUT2D eigenvalue weighted by molar-refractivity contribution is -0.137. The summed E-state index contributed by atoms with van der Waals surface area (Å²) in [5, 5.41) is -1.37. The van der Waals surface area contributed by atoms with Gasteiger partial charge < -0.3 is 4.74 Å².